The third-order valence-electron chi connectivity index (χ3n) is 2.87. The monoisotopic (exact) mass is 239 g/mol. The molecule has 0 unspecified atom stereocenters. The molecule has 0 saturated heterocycles. The van der Waals surface area contributed by atoms with Gasteiger partial charge in [0.2, 0.25) is 0 Å². The van der Waals surface area contributed by atoms with Crippen LogP contribution in [0, 0.1) is 11.3 Å². The average molecular weight is 239 g/mol. The van der Waals surface area contributed by atoms with Crippen LogP contribution in [0.25, 0.3) is 11.0 Å². The third kappa shape index (κ3) is 2.18. The fourth-order valence-corrected chi connectivity index (χ4v) is 2.01. The van der Waals surface area contributed by atoms with E-state index < -0.39 is 5.63 Å². The molecular weight excluding hydrogens is 226 g/mol. The molecule has 90 valence electrons. The number of hydrogen-bond donors (Lipinski definition) is 0. The number of aryl methyl sites for hydroxylation is 1. The van der Waals surface area contributed by atoms with Crippen LogP contribution in [-0.4, -0.2) is 0 Å². The zero-order chi connectivity index (χ0) is 13.0. The summed E-state index contributed by atoms with van der Waals surface area (Å²) in [7, 11) is 0. The Kier molecular flexibility index (Phi) is 3.59. The number of hydrogen-bond acceptors (Lipinski definition) is 3. The summed E-state index contributed by atoms with van der Waals surface area (Å²) in [6, 6.07) is 9.26. The minimum atomic E-state index is -0.551. The Morgan fingerprint density at radius 1 is 1.39 bits per heavy atom. The molecule has 3 nitrogen and oxygen atoms in total. The van der Waals surface area contributed by atoms with Crippen molar-refractivity contribution in [1.82, 2.24) is 0 Å². The summed E-state index contributed by atoms with van der Waals surface area (Å²) in [5.41, 5.74) is 0.892. The van der Waals surface area contributed by atoms with Crippen molar-refractivity contribution in [3.8, 4) is 6.07 Å². The van der Waals surface area contributed by atoms with Crippen molar-refractivity contribution in [2.24, 2.45) is 0 Å². The lowest BCUT2D eigenvalue weighted by Crippen LogP contribution is -2.09. The smallest absolute Gasteiger partial charge is 0.354 e. The fraction of sp³-hybridized carbons (Fsp3) is 0.200. The number of unbranched alkanes of at least 4 members (excludes halogenated alkanes) is 1. The van der Waals surface area contributed by atoms with Gasteiger partial charge in [-0.2, -0.15) is 5.26 Å². The molecule has 1 aromatic carbocycles. The van der Waals surface area contributed by atoms with Gasteiger partial charge in [-0.05, 0) is 30.9 Å². The number of benzene rings is 1. The summed E-state index contributed by atoms with van der Waals surface area (Å²) in [4.78, 5) is 11.7. The first-order valence-electron chi connectivity index (χ1n) is 5.83. The van der Waals surface area contributed by atoms with Gasteiger partial charge in [-0.25, -0.2) is 4.79 Å². The van der Waals surface area contributed by atoms with Crippen molar-refractivity contribution in [1.29, 1.82) is 5.26 Å². The second-order valence-electron chi connectivity index (χ2n) is 4.03. The maximum atomic E-state index is 11.7. The van der Waals surface area contributed by atoms with Crippen LogP contribution in [-0.2, 0) is 6.42 Å². The van der Waals surface area contributed by atoms with E-state index in [-0.39, 0.29) is 5.56 Å². The molecule has 0 aliphatic carbocycles. The number of nitrogens with zero attached hydrogens (tertiary/aromatic N) is 1. The van der Waals surface area contributed by atoms with E-state index in [1.807, 2.05) is 30.3 Å². The van der Waals surface area contributed by atoms with Gasteiger partial charge in [-0.15, -0.1) is 6.58 Å². The van der Waals surface area contributed by atoms with Crippen LogP contribution in [0.4, 0.5) is 0 Å². The molecule has 0 fully saturated rings. The SMILES string of the molecule is C=CCCCc1c(C#N)c(=O)oc2ccccc12. The predicted molar refractivity (Wildman–Crippen MR) is 70.3 cm³/mol. The zero-order valence-corrected chi connectivity index (χ0v) is 9.98. The Morgan fingerprint density at radius 3 is 2.89 bits per heavy atom. The molecule has 1 aromatic heterocycles. The molecule has 2 aromatic rings. The first-order chi connectivity index (χ1) is 8.77. The van der Waals surface area contributed by atoms with Gasteiger partial charge in [0.1, 0.15) is 17.2 Å². The van der Waals surface area contributed by atoms with E-state index in [1.165, 1.54) is 0 Å². The molecule has 0 spiro atoms. The number of nitriles is 1. The molecule has 1 heterocycles. The molecule has 0 atom stereocenters. The number of para-hydroxylation sites is 1. The van der Waals surface area contributed by atoms with Crippen LogP contribution >= 0.6 is 0 Å². The van der Waals surface area contributed by atoms with Gasteiger partial charge in [0.25, 0.3) is 0 Å². The number of fused-ring (bicyclic) bond motifs is 1. The average Bonchev–Trinajstić information content (AvgIpc) is 2.38. The van der Waals surface area contributed by atoms with Gasteiger partial charge in [-0.1, -0.05) is 24.3 Å². The lowest BCUT2D eigenvalue weighted by molar-refractivity contribution is 0.555. The standard InChI is InChI=1S/C15H13NO2/c1-2-3-4-7-11-12-8-5-6-9-14(12)18-15(17)13(11)10-16/h2,5-6,8-9H,1,3-4,7H2. The van der Waals surface area contributed by atoms with Gasteiger partial charge in [-0.3, -0.25) is 0 Å². The predicted octanol–water partition coefficient (Wildman–Crippen LogP) is 3.17. The largest absolute Gasteiger partial charge is 0.422 e. The van der Waals surface area contributed by atoms with Crippen LogP contribution in [0.3, 0.4) is 0 Å². The molecule has 2 rings (SSSR count). The van der Waals surface area contributed by atoms with E-state index in [0.29, 0.717) is 12.0 Å². The van der Waals surface area contributed by atoms with Crippen molar-refractivity contribution in [2.45, 2.75) is 19.3 Å². The molecule has 3 heteroatoms. The van der Waals surface area contributed by atoms with Crippen LogP contribution in [0.5, 0.6) is 0 Å². The molecule has 18 heavy (non-hydrogen) atoms. The van der Waals surface area contributed by atoms with E-state index in [0.717, 1.165) is 23.8 Å². The van der Waals surface area contributed by atoms with Gasteiger partial charge in [0, 0.05) is 5.39 Å². The highest BCUT2D eigenvalue weighted by atomic mass is 16.4. The lowest BCUT2D eigenvalue weighted by Gasteiger charge is -2.06. The van der Waals surface area contributed by atoms with E-state index in [1.54, 1.807) is 6.07 Å². The fourth-order valence-electron chi connectivity index (χ4n) is 2.01. The van der Waals surface area contributed by atoms with Gasteiger partial charge >= 0.3 is 5.63 Å². The Hall–Kier alpha value is -2.34. The van der Waals surface area contributed by atoms with E-state index in [4.69, 9.17) is 9.68 Å². The highest BCUT2D eigenvalue weighted by molar-refractivity contribution is 5.82. The van der Waals surface area contributed by atoms with Gasteiger partial charge in [0.05, 0.1) is 0 Å². The Balaban J connectivity index is 2.62. The molecule has 0 N–H and O–H groups in total. The number of rotatable bonds is 4. The Bertz CT molecular complexity index is 677. The molecule has 0 aliphatic rings. The topological polar surface area (TPSA) is 54.0 Å². The molecular formula is C15H13NO2. The van der Waals surface area contributed by atoms with Crippen LogP contribution in [0.1, 0.15) is 24.0 Å². The summed E-state index contributed by atoms with van der Waals surface area (Å²) < 4.78 is 5.13. The minimum Gasteiger partial charge on any atom is -0.422 e. The van der Waals surface area contributed by atoms with Crippen molar-refractivity contribution in [2.75, 3.05) is 0 Å². The van der Waals surface area contributed by atoms with Crippen molar-refractivity contribution in [3.05, 3.63) is 58.5 Å². The normalized spacial score (nSPS) is 10.2. The first kappa shape index (κ1) is 12.1. The zero-order valence-electron chi connectivity index (χ0n) is 9.98. The summed E-state index contributed by atoms with van der Waals surface area (Å²) in [5, 5.41) is 9.93. The third-order valence-corrected chi connectivity index (χ3v) is 2.87. The highest BCUT2D eigenvalue weighted by Crippen LogP contribution is 2.21. The highest BCUT2D eigenvalue weighted by Gasteiger charge is 2.13. The van der Waals surface area contributed by atoms with Crippen molar-refractivity contribution in [3.63, 3.8) is 0 Å². The van der Waals surface area contributed by atoms with E-state index >= 15 is 0 Å². The maximum Gasteiger partial charge on any atom is 0.354 e. The summed E-state index contributed by atoms with van der Waals surface area (Å²) in [6.07, 6.45) is 4.24. The van der Waals surface area contributed by atoms with Crippen LogP contribution in [0.2, 0.25) is 0 Å². The second-order valence-corrected chi connectivity index (χ2v) is 4.03. The Morgan fingerprint density at radius 2 is 2.17 bits per heavy atom. The van der Waals surface area contributed by atoms with Crippen molar-refractivity contribution < 1.29 is 4.42 Å². The van der Waals surface area contributed by atoms with Crippen molar-refractivity contribution >= 4 is 11.0 Å². The minimum absolute atomic E-state index is 0.123. The maximum absolute atomic E-state index is 11.7. The summed E-state index contributed by atoms with van der Waals surface area (Å²) in [5.74, 6) is 0. The van der Waals surface area contributed by atoms with E-state index in [2.05, 4.69) is 6.58 Å². The lowest BCUT2D eigenvalue weighted by atomic mass is 10.00. The first-order valence-corrected chi connectivity index (χ1v) is 5.83. The summed E-state index contributed by atoms with van der Waals surface area (Å²) in [6.45, 7) is 3.67. The Labute approximate surface area is 105 Å². The summed E-state index contributed by atoms with van der Waals surface area (Å²) >= 11 is 0. The molecule has 0 saturated carbocycles. The number of allylic oxidation sites excluding steroid dienone is 1. The molecule has 0 aliphatic heterocycles. The molecule has 0 bridgehead atoms. The van der Waals surface area contributed by atoms with Crippen LogP contribution in [0.15, 0.2) is 46.1 Å². The quantitative estimate of drug-likeness (QED) is 0.468. The molecule has 0 amide bonds. The van der Waals surface area contributed by atoms with E-state index in [9.17, 15) is 4.79 Å². The van der Waals surface area contributed by atoms with Crippen LogP contribution < -0.4 is 5.63 Å². The second kappa shape index (κ2) is 5.33. The van der Waals surface area contributed by atoms with Gasteiger partial charge < -0.3 is 4.42 Å². The molecule has 0 radical (unpaired) electrons. The van der Waals surface area contributed by atoms with Gasteiger partial charge in [0.15, 0.2) is 0 Å².